The van der Waals surface area contributed by atoms with Crippen LogP contribution in [-0.4, -0.2) is 19.9 Å². The number of ether oxygens (including phenoxy) is 1. The summed E-state index contributed by atoms with van der Waals surface area (Å²) >= 11 is 0. The Kier molecular flexibility index (Phi) is 4.87. The molecule has 0 spiro atoms. The van der Waals surface area contributed by atoms with Crippen LogP contribution in [-0.2, 0) is 19.4 Å². The Balaban J connectivity index is 1.27. The van der Waals surface area contributed by atoms with Gasteiger partial charge in [-0.25, -0.2) is 4.98 Å². The van der Waals surface area contributed by atoms with E-state index >= 15 is 0 Å². The highest BCUT2D eigenvalue weighted by Crippen LogP contribution is 2.44. The molecular weight excluding hydrogens is 396 g/mol. The number of aryl methyl sites for hydroxylation is 1. The Morgan fingerprint density at radius 1 is 0.844 bits per heavy atom. The van der Waals surface area contributed by atoms with E-state index in [2.05, 4.69) is 34.2 Å². The summed E-state index contributed by atoms with van der Waals surface area (Å²) < 4.78 is 6.25. The van der Waals surface area contributed by atoms with Crippen LogP contribution in [0.15, 0.2) is 67.0 Å². The molecule has 6 rings (SSSR count). The van der Waals surface area contributed by atoms with Crippen molar-refractivity contribution in [2.75, 3.05) is 0 Å². The van der Waals surface area contributed by atoms with Crippen molar-refractivity contribution in [3.05, 3.63) is 89.4 Å². The standard InChI is InChI=1S/C27H24N4O/c1-2-7-21(20(6-1)19-12-13-19)26-30-23-10-5-8-22(23)27(31-26)32-17-18-11-14-25(29-16-18)24-9-3-4-15-28-24/h1-4,6-7,9,11,14-16,19H,5,8,10,12-13,17H2. The molecule has 1 saturated carbocycles. The van der Waals surface area contributed by atoms with Crippen LogP contribution in [0, 0.1) is 0 Å². The van der Waals surface area contributed by atoms with E-state index in [0.29, 0.717) is 12.5 Å². The summed E-state index contributed by atoms with van der Waals surface area (Å²) in [5, 5.41) is 0. The van der Waals surface area contributed by atoms with Crippen molar-refractivity contribution >= 4 is 0 Å². The molecule has 0 N–H and O–H groups in total. The highest BCUT2D eigenvalue weighted by atomic mass is 16.5. The molecule has 5 nitrogen and oxygen atoms in total. The minimum atomic E-state index is 0.433. The van der Waals surface area contributed by atoms with E-state index < -0.39 is 0 Å². The van der Waals surface area contributed by atoms with Gasteiger partial charge in [0.15, 0.2) is 5.82 Å². The van der Waals surface area contributed by atoms with Crippen molar-refractivity contribution in [2.24, 2.45) is 0 Å². The Labute approximate surface area is 187 Å². The molecule has 3 heterocycles. The Bertz CT molecular complexity index is 1250. The Morgan fingerprint density at radius 3 is 2.53 bits per heavy atom. The summed E-state index contributed by atoms with van der Waals surface area (Å²) in [6.07, 6.45) is 9.23. The maximum Gasteiger partial charge on any atom is 0.220 e. The van der Waals surface area contributed by atoms with E-state index in [-0.39, 0.29) is 0 Å². The maximum absolute atomic E-state index is 6.25. The minimum Gasteiger partial charge on any atom is -0.472 e. The number of benzene rings is 1. The van der Waals surface area contributed by atoms with E-state index in [1.807, 2.05) is 36.5 Å². The van der Waals surface area contributed by atoms with Gasteiger partial charge in [-0.15, -0.1) is 0 Å². The average molecular weight is 421 g/mol. The molecule has 2 aliphatic rings. The minimum absolute atomic E-state index is 0.433. The molecule has 1 aromatic carbocycles. The third kappa shape index (κ3) is 3.75. The molecule has 0 atom stereocenters. The van der Waals surface area contributed by atoms with Crippen molar-refractivity contribution in [1.29, 1.82) is 0 Å². The van der Waals surface area contributed by atoms with Crippen molar-refractivity contribution in [3.63, 3.8) is 0 Å². The first-order chi connectivity index (χ1) is 15.8. The van der Waals surface area contributed by atoms with Crippen LogP contribution in [0.5, 0.6) is 5.88 Å². The van der Waals surface area contributed by atoms with Gasteiger partial charge in [-0.05, 0) is 61.8 Å². The van der Waals surface area contributed by atoms with Crippen LogP contribution in [0.3, 0.4) is 0 Å². The van der Waals surface area contributed by atoms with Gasteiger partial charge < -0.3 is 4.74 Å². The summed E-state index contributed by atoms with van der Waals surface area (Å²) in [7, 11) is 0. The molecule has 2 aliphatic carbocycles. The zero-order valence-corrected chi connectivity index (χ0v) is 17.9. The smallest absolute Gasteiger partial charge is 0.220 e. The van der Waals surface area contributed by atoms with Gasteiger partial charge in [0.2, 0.25) is 5.88 Å². The fraction of sp³-hybridized carbons (Fsp3) is 0.259. The highest BCUT2D eigenvalue weighted by molar-refractivity contribution is 5.63. The third-order valence-corrected chi connectivity index (χ3v) is 6.24. The number of hydrogen-bond donors (Lipinski definition) is 0. The van der Waals surface area contributed by atoms with Crippen LogP contribution in [0.2, 0.25) is 0 Å². The maximum atomic E-state index is 6.25. The number of pyridine rings is 2. The van der Waals surface area contributed by atoms with Crippen molar-refractivity contribution in [1.82, 2.24) is 19.9 Å². The molecule has 0 saturated heterocycles. The van der Waals surface area contributed by atoms with Gasteiger partial charge >= 0.3 is 0 Å². The van der Waals surface area contributed by atoms with E-state index in [1.54, 1.807) is 6.20 Å². The van der Waals surface area contributed by atoms with Crippen molar-refractivity contribution in [2.45, 2.75) is 44.6 Å². The summed E-state index contributed by atoms with van der Waals surface area (Å²) in [4.78, 5) is 18.8. The predicted octanol–water partition coefficient (Wildman–Crippen LogP) is 5.55. The fourth-order valence-corrected chi connectivity index (χ4v) is 4.42. The molecule has 32 heavy (non-hydrogen) atoms. The lowest BCUT2D eigenvalue weighted by Crippen LogP contribution is -2.05. The van der Waals surface area contributed by atoms with Gasteiger partial charge in [0, 0.05) is 29.1 Å². The van der Waals surface area contributed by atoms with Crippen LogP contribution in [0.4, 0.5) is 0 Å². The number of fused-ring (bicyclic) bond motifs is 1. The molecule has 0 radical (unpaired) electrons. The summed E-state index contributed by atoms with van der Waals surface area (Å²) in [5.74, 6) is 2.17. The molecule has 5 heteroatoms. The first-order valence-electron chi connectivity index (χ1n) is 11.3. The number of aromatic nitrogens is 4. The van der Waals surface area contributed by atoms with Gasteiger partial charge in [-0.2, -0.15) is 4.98 Å². The van der Waals surface area contributed by atoms with Gasteiger partial charge in [-0.1, -0.05) is 36.4 Å². The first-order valence-corrected chi connectivity index (χ1v) is 11.3. The third-order valence-electron chi connectivity index (χ3n) is 6.24. The Morgan fingerprint density at radius 2 is 1.72 bits per heavy atom. The molecular formula is C27H24N4O. The molecule has 0 bridgehead atoms. The predicted molar refractivity (Wildman–Crippen MR) is 123 cm³/mol. The van der Waals surface area contributed by atoms with Crippen LogP contribution < -0.4 is 4.74 Å². The number of hydrogen-bond acceptors (Lipinski definition) is 5. The van der Waals surface area contributed by atoms with Gasteiger partial charge in [0.25, 0.3) is 0 Å². The first kappa shape index (κ1) is 19.1. The van der Waals surface area contributed by atoms with Gasteiger partial charge in [-0.3, -0.25) is 9.97 Å². The van der Waals surface area contributed by atoms with Crippen LogP contribution in [0.1, 0.15) is 47.6 Å². The SMILES string of the molecule is c1ccc(-c2ccc(COc3nc(-c4ccccc4C4CC4)nc4c3CCC4)cn2)nc1. The second kappa shape index (κ2) is 8.15. The summed E-state index contributed by atoms with van der Waals surface area (Å²) in [6.45, 7) is 0.433. The quantitative estimate of drug-likeness (QED) is 0.409. The van der Waals surface area contributed by atoms with E-state index in [0.717, 1.165) is 64.7 Å². The molecule has 0 unspecified atom stereocenters. The molecule has 0 aliphatic heterocycles. The fourth-order valence-electron chi connectivity index (χ4n) is 4.42. The molecule has 0 amide bonds. The van der Waals surface area contributed by atoms with Gasteiger partial charge in [0.1, 0.15) is 6.61 Å². The van der Waals surface area contributed by atoms with E-state index in [4.69, 9.17) is 14.7 Å². The molecule has 158 valence electrons. The van der Waals surface area contributed by atoms with Crippen LogP contribution >= 0.6 is 0 Å². The lowest BCUT2D eigenvalue weighted by atomic mass is 10.0. The lowest BCUT2D eigenvalue weighted by Gasteiger charge is -2.13. The summed E-state index contributed by atoms with van der Waals surface area (Å²) in [6, 6.07) is 18.4. The van der Waals surface area contributed by atoms with Gasteiger partial charge in [0.05, 0.1) is 17.1 Å². The van der Waals surface area contributed by atoms with Crippen LogP contribution in [0.25, 0.3) is 22.8 Å². The monoisotopic (exact) mass is 420 g/mol. The topological polar surface area (TPSA) is 60.8 Å². The average Bonchev–Trinajstić information content (AvgIpc) is 3.60. The molecule has 1 fully saturated rings. The van der Waals surface area contributed by atoms with E-state index in [1.165, 1.54) is 18.4 Å². The van der Waals surface area contributed by atoms with Crippen molar-refractivity contribution < 1.29 is 4.74 Å². The second-order valence-corrected chi connectivity index (χ2v) is 8.55. The summed E-state index contributed by atoms with van der Waals surface area (Å²) in [5.41, 5.74) is 7.55. The Hall–Kier alpha value is -3.60. The molecule has 3 aromatic heterocycles. The normalized spacial score (nSPS) is 14.9. The zero-order valence-electron chi connectivity index (χ0n) is 17.9. The zero-order chi connectivity index (χ0) is 21.3. The van der Waals surface area contributed by atoms with E-state index in [9.17, 15) is 0 Å². The van der Waals surface area contributed by atoms with Crippen molar-refractivity contribution in [3.8, 4) is 28.7 Å². The second-order valence-electron chi connectivity index (χ2n) is 8.55. The lowest BCUT2D eigenvalue weighted by molar-refractivity contribution is 0.290. The largest absolute Gasteiger partial charge is 0.472 e. The number of nitrogens with zero attached hydrogens (tertiary/aromatic N) is 4. The number of rotatable bonds is 6. The molecule has 4 aromatic rings. The highest BCUT2D eigenvalue weighted by Gasteiger charge is 2.28.